The Bertz CT molecular complexity index is 1180. The van der Waals surface area contributed by atoms with Crippen LogP contribution in [-0.2, 0) is 4.74 Å². The molecule has 0 saturated heterocycles. The molecule has 3 rings (SSSR count). The molecule has 3 aromatic rings. The number of hydrogen-bond donors (Lipinski definition) is 3. The summed E-state index contributed by atoms with van der Waals surface area (Å²) in [5.41, 5.74) is 9.83. The lowest BCUT2D eigenvalue weighted by Gasteiger charge is -2.09. The zero-order chi connectivity index (χ0) is 23.4. The number of rotatable bonds is 6. The number of thiophene rings is 1. The van der Waals surface area contributed by atoms with E-state index in [9.17, 15) is 14.4 Å². The van der Waals surface area contributed by atoms with E-state index >= 15 is 0 Å². The highest BCUT2D eigenvalue weighted by Gasteiger charge is 2.27. The van der Waals surface area contributed by atoms with Crippen molar-refractivity contribution in [3.8, 4) is 0 Å². The highest BCUT2D eigenvalue weighted by Crippen LogP contribution is 2.35. The molecule has 0 saturated carbocycles. The number of benzene rings is 2. The molecular weight excluding hydrogens is 426 g/mol. The topological polar surface area (TPSA) is 111 Å². The molecule has 0 aliphatic carbocycles. The molecule has 2 amide bonds. The second kappa shape index (κ2) is 9.65. The fourth-order valence-corrected chi connectivity index (χ4v) is 4.21. The first kappa shape index (κ1) is 23.0. The third kappa shape index (κ3) is 4.97. The maximum Gasteiger partial charge on any atom is 0.341 e. The number of nitrogens with one attached hydrogen (secondary N) is 2. The normalized spacial score (nSPS) is 10.5. The van der Waals surface area contributed by atoms with E-state index in [4.69, 9.17) is 10.5 Å². The molecule has 8 heteroatoms. The molecule has 0 unspecified atom stereocenters. The van der Waals surface area contributed by atoms with Gasteiger partial charge in [0, 0.05) is 16.9 Å². The summed E-state index contributed by atoms with van der Waals surface area (Å²) >= 11 is 1.03. The second-order valence-corrected chi connectivity index (χ2v) is 8.35. The molecule has 0 spiro atoms. The Morgan fingerprint density at radius 1 is 0.969 bits per heavy atom. The number of aryl methyl sites for hydroxylation is 2. The third-order valence-corrected chi connectivity index (χ3v) is 6.08. The van der Waals surface area contributed by atoms with Gasteiger partial charge >= 0.3 is 5.97 Å². The van der Waals surface area contributed by atoms with E-state index in [2.05, 4.69) is 10.6 Å². The number of hydrogen-bond acceptors (Lipinski definition) is 6. The van der Waals surface area contributed by atoms with Crippen molar-refractivity contribution in [2.24, 2.45) is 0 Å². The van der Waals surface area contributed by atoms with Gasteiger partial charge in [-0.3, -0.25) is 9.59 Å². The molecule has 2 aromatic carbocycles. The van der Waals surface area contributed by atoms with Crippen LogP contribution in [0, 0.1) is 20.8 Å². The number of esters is 1. The predicted molar refractivity (Wildman–Crippen MR) is 128 cm³/mol. The van der Waals surface area contributed by atoms with Crippen molar-refractivity contribution in [1.29, 1.82) is 0 Å². The molecule has 1 heterocycles. The van der Waals surface area contributed by atoms with Gasteiger partial charge in [-0.15, -0.1) is 11.3 Å². The first-order valence-electron chi connectivity index (χ1n) is 10.1. The lowest BCUT2D eigenvalue weighted by molar-refractivity contribution is 0.0527. The smallest absolute Gasteiger partial charge is 0.341 e. The molecule has 4 N–H and O–H groups in total. The zero-order valence-electron chi connectivity index (χ0n) is 18.4. The number of carbonyl (C=O) groups is 3. The molecule has 1 aromatic heterocycles. The highest BCUT2D eigenvalue weighted by atomic mass is 32.1. The maximum absolute atomic E-state index is 13.1. The summed E-state index contributed by atoms with van der Waals surface area (Å²) in [6.45, 7) is 7.37. The minimum absolute atomic E-state index is 0.170. The summed E-state index contributed by atoms with van der Waals surface area (Å²) in [5, 5.41) is 5.91. The van der Waals surface area contributed by atoms with Gasteiger partial charge in [0.2, 0.25) is 0 Å². The summed E-state index contributed by atoms with van der Waals surface area (Å²) in [5.74, 6) is -1.38. The van der Waals surface area contributed by atoms with Crippen LogP contribution in [0.1, 0.15) is 54.0 Å². The highest BCUT2D eigenvalue weighted by molar-refractivity contribution is 7.19. The number of anilines is 3. The Morgan fingerprint density at radius 2 is 1.66 bits per heavy atom. The Balaban J connectivity index is 1.96. The summed E-state index contributed by atoms with van der Waals surface area (Å²) in [4.78, 5) is 38.7. The van der Waals surface area contributed by atoms with E-state index in [-0.39, 0.29) is 23.1 Å². The van der Waals surface area contributed by atoms with Crippen LogP contribution < -0.4 is 16.4 Å². The van der Waals surface area contributed by atoms with E-state index < -0.39 is 11.9 Å². The van der Waals surface area contributed by atoms with E-state index in [1.165, 1.54) is 0 Å². The maximum atomic E-state index is 13.1. The van der Waals surface area contributed by atoms with Crippen LogP contribution in [0.5, 0.6) is 0 Å². The second-order valence-electron chi connectivity index (χ2n) is 7.33. The monoisotopic (exact) mass is 451 g/mol. The fourth-order valence-electron chi connectivity index (χ4n) is 3.13. The number of carbonyl (C=O) groups excluding carboxylic acids is 3. The molecular formula is C24H25N3O4S. The van der Waals surface area contributed by atoms with Gasteiger partial charge in [0.05, 0.1) is 17.0 Å². The molecule has 0 radical (unpaired) electrons. The van der Waals surface area contributed by atoms with Crippen molar-refractivity contribution in [3.05, 3.63) is 75.2 Å². The van der Waals surface area contributed by atoms with Gasteiger partial charge in [0.15, 0.2) is 0 Å². The Kier molecular flexibility index (Phi) is 6.95. The van der Waals surface area contributed by atoms with Crippen LogP contribution in [0.2, 0.25) is 0 Å². The largest absolute Gasteiger partial charge is 0.462 e. The van der Waals surface area contributed by atoms with Crippen LogP contribution in [-0.4, -0.2) is 24.4 Å². The van der Waals surface area contributed by atoms with E-state index in [1.807, 2.05) is 32.0 Å². The van der Waals surface area contributed by atoms with Gasteiger partial charge < -0.3 is 21.1 Å². The van der Waals surface area contributed by atoms with Gasteiger partial charge in [0.25, 0.3) is 11.8 Å². The quantitative estimate of drug-likeness (QED) is 0.363. The van der Waals surface area contributed by atoms with Crippen LogP contribution in [0.4, 0.5) is 16.4 Å². The Morgan fingerprint density at radius 3 is 2.31 bits per heavy atom. The number of nitrogen functional groups attached to an aromatic ring is 1. The first-order valence-corrected chi connectivity index (χ1v) is 10.9. The molecule has 0 bridgehead atoms. The van der Waals surface area contributed by atoms with Crippen LogP contribution >= 0.6 is 11.3 Å². The van der Waals surface area contributed by atoms with Crippen molar-refractivity contribution in [2.75, 3.05) is 23.0 Å². The van der Waals surface area contributed by atoms with Crippen molar-refractivity contribution in [2.45, 2.75) is 27.7 Å². The van der Waals surface area contributed by atoms with Crippen molar-refractivity contribution in [3.63, 3.8) is 0 Å². The van der Waals surface area contributed by atoms with E-state index in [0.29, 0.717) is 27.4 Å². The molecule has 166 valence electrons. The number of ether oxygens (including phenoxy) is 1. The predicted octanol–water partition coefficient (Wildman–Crippen LogP) is 4.94. The van der Waals surface area contributed by atoms with Gasteiger partial charge in [-0.2, -0.15) is 0 Å². The SMILES string of the molecule is CCOC(=O)c1c(NC(=O)c2ccc(N)cc2)sc(C(=O)Nc2cc(C)ccc2C)c1C. The van der Waals surface area contributed by atoms with Crippen molar-refractivity contribution < 1.29 is 19.1 Å². The summed E-state index contributed by atoms with van der Waals surface area (Å²) in [7, 11) is 0. The summed E-state index contributed by atoms with van der Waals surface area (Å²) in [6, 6.07) is 12.2. The van der Waals surface area contributed by atoms with Crippen LogP contribution in [0.3, 0.4) is 0 Å². The average Bonchev–Trinajstić information content (AvgIpc) is 3.07. The standard InChI is InChI=1S/C24H25N3O4S/c1-5-31-24(30)19-15(4)20(22(29)26-18-12-13(2)6-7-14(18)3)32-23(19)27-21(28)16-8-10-17(25)11-9-16/h6-12H,5,25H2,1-4H3,(H,26,29)(H,27,28). The van der Waals surface area contributed by atoms with Crippen molar-refractivity contribution >= 4 is 45.5 Å². The minimum Gasteiger partial charge on any atom is -0.462 e. The van der Waals surface area contributed by atoms with Crippen LogP contribution in [0.15, 0.2) is 42.5 Å². The minimum atomic E-state index is -0.598. The molecule has 32 heavy (non-hydrogen) atoms. The number of nitrogens with two attached hydrogens (primary N) is 1. The lowest BCUT2D eigenvalue weighted by atomic mass is 10.1. The van der Waals surface area contributed by atoms with E-state index in [0.717, 1.165) is 22.5 Å². The third-order valence-electron chi connectivity index (χ3n) is 4.87. The van der Waals surface area contributed by atoms with Gasteiger partial charge in [-0.25, -0.2) is 4.79 Å². The average molecular weight is 452 g/mol. The molecule has 7 nitrogen and oxygen atoms in total. The van der Waals surface area contributed by atoms with E-state index in [1.54, 1.807) is 38.1 Å². The van der Waals surface area contributed by atoms with Gasteiger partial charge in [-0.1, -0.05) is 12.1 Å². The summed E-state index contributed by atoms with van der Waals surface area (Å²) < 4.78 is 5.17. The molecule has 0 atom stereocenters. The van der Waals surface area contributed by atoms with Gasteiger partial charge in [0.1, 0.15) is 5.00 Å². The lowest BCUT2D eigenvalue weighted by Crippen LogP contribution is -2.15. The Labute approximate surface area is 190 Å². The molecule has 0 aliphatic rings. The molecule has 0 aliphatic heterocycles. The van der Waals surface area contributed by atoms with Crippen molar-refractivity contribution in [1.82, 2.24) is 0 Å². The fraction of sp³-hybridized carbons (Fsp3) is 0.208. The first-order chi connectivity index (χ1) is 15.2. The zero-order valence-corrected chi connectivity index (χ0v) is 19.2. The van der Waals surface area contributed by atoms with Crippen LogP contribution in [0.25, 0.3) is 0 Å². The van der Waals surface area contributed by atoms with Gasteiger partial charge in [-0.05, 0) is 74.7 Å². The summed E-state index contributed by atoms with van der Waals surface area (Å²) in [6.07, 6.45) is 0. The Hall–Kier alpha value is -3.65. The molecule has 0 fully saturated rings. The number of amides is 2.